The number of carbonyl (C=O) groups excluding carboxylic acids is 1. The van der Waals surface area contributed by atoms with E-state index in [2.05, 4.69) is 47.1 Å². The van der Waals surface area contributed by atoms with Gasteiger partial charge in [-0.1, -0.05) is 41.4 Å². The highest BCUT2D eigenvalue weighted by atomic mass is 35.5. The molecule has 0 bridgehead atoms. The van der Waals surface area contributed by atoms with Crippen LogP contribution < -0.4 is 10.2 Å². The van der Waals surface area contributed by atoms with E-state index in [4.69, 9.17) is 23.2 Å². The summed E-state index contributed by atoms with van der Waals surface area (Å²) in [6, 6.07) is 17.4. The molecular formula is C26H31Cl2N5O. The second kappa shape index (κ2) is 10.4. The van der Waals surface area contributed by atoms with Gasteiger partial charge in [-0.2, -0.15) is 5.10 Å². The summed E-state index contributed by atoms with van der Waals surface area (Å²) in [7, 11) is 0. The molecule has 0 aliphatic carbocycles. The summed E-state index contributed by atoms with van der Waals surface area (Å²) in [6.07, 6.45) is 0. The van der Waals surface area contributed by atoms with E-state index in [-0.39, 0.29) is 11.4 Å². The van der Waals surface area contributed by atoms with Crippen LogP contribution in [-0.4, -0.2) is 59.9 Å². The van der Waals surface area contributed by atoms with Crippen molar-refractivity contribution in [2.75, 3.05) is 44.2 Å². The Morgan fingerprint density at radius 1 is 0.971 bits per heavy atom. The first kappa shape index (κ1) is 24.6. The van der Waals surface area contributed by atoms with Crippen LogP contribution in [0.1, 0.15) is 31.3 Å². The summed E-state index contributed by atoms with van der Waals surface area (Å²) in [6.45, 7) is 11.4. The highest BCUT2D eigenvalue weighted by Crippen LogP contribution is 2.28. The lowest BCUT2D eigenvalue weighted by atomic mass is 10.1. The number of aromatic nitrogens is 2. The van der Waals surface area contributed by atoms with Crippen LogP contribution in [-0.2, 0) is 5.54 Å². The Bertz CT molecular complexity index is 1130. The number of piperazine rings is 1. The molecule has 8 heteroatoms. The van der Waals surface area contributed by atoms with Gasteiger partial charge in [-0.25, -0.2) is 0 Å². The molecule has 4 rings (SSSR count). The monoisotopic (exact) mass is 499 g/mol. The van der Waals surface area contributed by atoms with Gasteiger partial charge in [0.1, 0.15) is 0 Å². The zero-order valence-corrected chi connectivity index (χ0v) is 21.4. The van der Waals surface area contributed by atoms with Gasteiger partial charge in [0.05, 0.1) is 11.2 Å². The summed E-state index contributed by atoms with van der Waals surface area (Å²) < 4.78 is 1.90. The van der Waals surface area contributed by atoms with Crippen molar-refractivity contribution in [2.45, 2.75) is 26.3 Å². The molecule has 0 saturated carbocycles. The van der Waals surface area contributed by atoms with Gasteiger partial charge >= 0.3 is 0 Å². The zero-order valence-electron chi connectivity index (χ0n) is 19.9. The zero-order chi connectivity index (χ0) is 24.3. The highest BCUT2D eigenvalue weighted by molar-refractivity contribution is 6.31. The van der Waals surface area contributed by atoms with Crippen molar-refractivity contribution in [1.82, 2.24) is 20.0 Å². The van der Waals surface area contributed by atoms with Crippen LogP contribution in [0, 0.1) is 0 Å². The van der Waals surface area contributed by atoms with Crippen molar-refractivity contribution in [3.8, 4) is 11.3 Å². The van der Waals surface area contributed by atoms with Crippen LogP contribution in [0.3, 0.4) is 0 Å². The lowest BCUT2D eigenvalue weighted by Crippen LogP contribution is -2.48. The standard InChI is InChI=1S/C26H31Cl2N5O/c1-26(2,3)33-24(19-7-9-20(27)10-8-19)18-23(30-33)25(34)29-11-12-31-13-15-32(16-14-31)22-6-4-5-21(28)17-22/h4-10,17-18H,11-16H2,1-3H3,(H,29,34). The van der Waals surface area contributed by atoms with Crippen molar-refractivity contribution >= 4 is 34.8 Å². The van der Waals surface area contributed by atoms with Crippen LogP contribution in [0.2, 0.25) is 10.0 Å². The van der Waals surface area contributed by atoms with Crippen LogP contribution >= 0.6 is 23.2 Å². The molecule has 3 aromatic rings. The number of nitrogens with one attached hydrogen (secondary N) is 1. The molecule has 1 amide bonds. The fourth-order valence-corrected chi connectivity index (χ4v) is 4.46. The Labute approximate surface area is 211 Å². The summed E-state index contributed by atoms with van der Waals surface area (Å²) in [5, 5.41) is 9.12. The molecule has 1 saturated heterocycles. The third kappa shape index (κ3) is 5.93. The molecule has 1 aliphatic heterocycles. The number of nitrogens with zero attached hydrogens (tertiary/aromatic N) is 4. The smallest absolute Gasteiger partial charge is 0.271 e. The van der Waals surface area contributed by atoms with E-state index in [0.717, 1.165) is 54.7 Å². The second-order valence-electron chi connectivity index (χ2n) is 9.57. The minimum atomic E-state index is -0.268. The Kier molecular flexibility index (Phi) is 7.51. The normalized spacial score (nSPS) is 14.9. The predicted molar refractivity (Wildman–Crippen MR) is 140 cm³/mol. The fraction of sp³-hybridized carbons (Fsp3) is 0.385. The first-order valence-corrected chi connectivity index (χ1v) is 12.3. The predicted octanol–water partition coefficient (Wildman–Crippen LogP) is 5.16. The summed E-state index contributed by atoms with van der Waals surface area (Å²) in [5.74, 6) is -0.157. The van der Waals surface area contributed by atoms with E-state index in [1.807, 2.05) is 53.2 Å². The Morgan fingerprint density at radius 2 is 1.68 bits per heavy atom. The van der Waals surface area contributed by atoms with E-state index in [1.54, 1.807) is 0 Å². The number of carbonyl (C=O) groups is 1. The quantitative estimate of drug-likeness (QED) is 0.508. The van der Waals surface area contributed by atoms with Gasteiger partial charge in [0.25, 0.3) is 5.91 Å². The molecule has 0 atom stereocenters. The van der Waals surface area contributed by atoms with Crippen LogP contribution in [0.25, 0.3) is 11.3 Å². The number of anilines is 1. The Balaban J connectivity index is 1.33. The third-order valence-corrected chi connectivity index (χ3v) is 6.46. The van der Waals surface area contributed by atoms with Gasteiger partial charge in [0, 0.05) is 55.0 Å². The molecule has 0 radical (unpaired) electrons. The van der Waals surface area contributed by atoms with E-state index >= 15 is 0 Å². The number of amides is 1. The maximum Gasteiger partial charge on any atom is 0.271 e. The number of hydrogen-bond donors (Lipinski definition) is 1. The molecule has 1 aliphatic rings. The molecule has 1 aromatic heterocycles. The van der Waals surface area contributed by atoms with Gasteiger partial charge in [-0.05, 0) is 62.7 Å². The summed E-state index contributed by atoms with van der Waals surface area (Å²) in [5.41, 5.74) is 3.18. The van der Waals surface area contributed by atoms with E-state index < -0.39 is 0 Å². The van der Waals surface area contributed by atoms with E-state index in [0.29, 0.717) is 17.3 Å². The topological polar surface area (TPSA) is 53.4 Å². The maximum atomic E-state index is 12.9. The molecule has 2 aromatic carbocycles. The second-order valence-corrected chi connectivity index (χ2v) is 10.4. The average molecular weight is 500 g/mol. The lowest BCUT2D eigenvalue weighted by Gasteiger charge is -2.36. The number of halogens is 2. The van der Waals surface area contributed by atoms with Crippen LogP contribution in [0.5, 0.6) is 0 Å². The number of rotatable bonds is 6. The maximum absolute atomic E-state index is 12.9. The van der Waals surface area contributed by atoms with Crippen molar-refractivity contribution < 1.29 is 4.79 Å². The molecular weight excluding hydrogens is 469 g/mol. The van der Waals surface area contributed by atoms with Crippen molar-refractivity contribution in [1.29, 1.82) is 0 Å². The van der Waals surface area contributed by atoms with Gasteiger partial charge in [0.15, 0.2) is 5.69 Å². The first-order valence-electron chi connectivity index (χ1n) is 11.6. The minimum absolute atomic E-state index is 0.157. The molecule has 1 fully saturated rings. The molecule has 180 valence electrons. The van der Waals surface area contributed by atoms with Gasteiger partial charge in [0.2, 0.25) is 0 Å². The molecule has 1 N–H and O–H groups in total. The lowest BCUT2D eigenvalue weighted by molar-refractivity contribution is 0.0941. The largest absolute Gasteiger partial charge is 0.369 e. The molecule has 6 nitrogen and oxygen atoms in total. The van der Waals surface area contributed by atoms with E-state index in [1.165, 1.54) is 0 Å². The van der Waals surface area contributed by atoms with Crippen LogP contribution in [0.15, 0.2) is 54.6 Å². The third-order valence-electron chi connectivity index (χ3n) is 5.98. The van der Waals surface area contributed by atoms with Gasteiger partial charge in [-0.3, -0.25) is 14.4 Å². The SMILES string of the molecule is CC(C)(C)n1nc(C(=O)NCCN2CCN(c3cccc(Cl)c3)CC2)cc1-c1ccc(Cl)cc1. The van der Waals surface area contributed by atoms with Crippen molar-refractivity contribution in [2.24, 2.45) is 0 Å². The van der Waals surface area contributed by atoms with Gasteiger partial charge < -0.3 is 10.2 Å². The molecule has 2 heterocycles. The summed E-state index contributed by atoms with van der Waals surface area (Å²) in [4.78, 5) is 17.6. The fourth-order valence-electron chi connectivity index (χ4n) is 4.15. The van der Waals surface area contributed by atoms with Crippen molar-refractivity contribution in [3.63, 3.8) is 0 Å². The average Bonchev–Trinajstić information content (AvgIpc) is 3.26. The number of benzene rings is 2. The Morgan fingerprint density at radius 3 is 2.32 bits per heavy atom. The molecule has 0 spiro atoms. The number of hydrogen-bond acceptors (Lipinski definition) is 4. The van der Waals surface area contributed by atoms with E-state index in [9.17, 15) is 4.79 Å². The first-order chi connectivity index (χ1) is 16.2. The highest BCUT2D eigenvalue weighted by Gasteiger charge is 2.23. The van der Waals surface area contributed by atoms with Crippen molar-refractivity contribution in [3.05, 3.63) is 70.3 Å². The minimum Gasteiger partial charge on any atom is -0.369 e. The summed E-state index contributed by atoms with van der Waals surface area (Å²) >= 11 is 12.2. The molecule has 0 unspecified atom stereocenters. The van der Waals surface area contributed by atoms with Gasteiger partial charge in [-0.15, -0.1) is 0 Å². The Hall–Kier alpha value is -2.54. The molecule has 34 heavy (non-hydrogen) atoms. The van der Waals surface area contributed by atoms with Crippen LogP contribution in [0.4, 0.5) is 5.69 Å².